The third kappa shape index (κ3) is 5.04. The molecule has 1 heterocycles. The molecule has 0 aromatic carbocycles. The molecule has 2 amide bonds. The smallest absolute Gasteiger partial charge is 0.326 e. The van der Waals surface area contributed by atoms with E-state index in [1.165, 1.54) is 0 Å². The van der Waals surface area contributed by atoms with Crippen LogP contribution in [0.3, 0.4) is 0 Å². The number of hydrogen-bond donors (Lipinski definition) is 4. The SMILES string of the molecule is CCC[C@H](NC(=O)NC1CCNCC1)C(=O)O. The van der Waals surface area contributed by atoms with Crippen LogP contribution in [0.1, 0.15) is 32.6 Å². The van der Waals surface area contributed by atoms with Gasteiger partial charge in [0.25, 0.3) is 0 Å². The van der Waals surface area contributed by atoms with Crippen LogP contribution in [0.2, 0.25) is 0 Å². The van der Waals surface area contributed by atoms with E-state index in [2.05, 4.69) is 16.0 Å². The van der Waals surface area contributed by atoms with E-state index >= 15 is 0 Å². The van der Waals surface area contributed by atoms with Gasteiger partial charge in [-0.05, 0) is 32.4 Å². The molecule has 0 spiro atoms. The minimum atomic E-state index is -0.979. The molecule has 0 aliphatic carbocycles. The average molecular weight is 243 g/mol. The Labute approximate surface area is 101 Å². The summed E-state index contributed by atoms with van der Waals surface area (Å²) < 4.78 is 0. The molecular weight excluding hydrogens is 222 g/mol. The minimum absolute atomic E-state index is 0.146. The van der Waals surface area contributed by atoms with Crippen LogP contribution in [0.15, 0.2) is 0 Å². The third-order valence-electron chi connectivity index (χ3n) is 2.86. The molecule has 6 nitrogen and oxygen atoms in total. The molecule has 6 heteroatoms. The van der Waals surface area contributed by atoms with Crippen molar-refractivity contribution in [1.29, 1.82) is 0 Å². The van der Waals surface area contributed by atoms with Gasteiger partial charge in [0.05, 0.1) is 0 Å². The van der Waals surface area contributed by atoms with Gasteiger partial charge in [-0.2, -0.15) is 0 Å². The molecule has 0 bridgehead atoms. The molecule has 0 unspecified atom stereocenters. The first-order valence-corrected chi connectivity index (χ1v) is 6.14. The zero-order valence-electron chi connectivity index (χ0n) is 10.2. The van der Waals surface area contributed by atoms with Crippen LogP contribution in [0, 0.1) is 0 Å². The van der Waals surface area contributed by atoms with Crippen molar-refractivity contribution in [3.8, 4) is 0 Å². The van der Waals surface area contributed by atoms with Gasteiger partial charge >= 0.3 is 12.0 Å². The van der Waals surface area contributed by atoms with Gasteiger partial charge in [0.15, 0.2) is 0 Å². The summed E-state index contributed by atoms with van der Waals surface area (Å²) in [6, 6.07) is -1.02. The Morgan fingerprint density at radius 2 is 2.06 bits per heavy atom. The Kier molecular flexibility index (Phi) is 5.76. The Bertz CT molecular complexity index is 265. The number of carboxylic acids is 1. The van der Waals surface area contributed by atoms with Gasteiger partial charge in [-0.1, -0.05) is 13.3 Å². The minimum Gasteiger partial charge on any atom is -0.480 e. The van der Waals surface area contributed by atoms with E-state index in [4.69, 9.17) is 5.11 Å². The average Bonchev–Trinajstić information content (AvgIpc) is 2.29. The van der Waals surface area contributed by atoms with E-state index in [1.807, 2.05) is 6.92 Å². The number of amides is 2. The van der Waals surface area contributed by atoms with Gasteiger partial charge in [0.2, 0.25) is 0 Å². The Hall–Kier alpha value is -1.30. The fraction of sp³-hybridized carbons (Fsp3) is 0.818. The molecule has 4 N–H and O–H groups in total. The second-order valence-corrected chi connectivity index (χ2v) is 4.32. The van der Waals surface area contributed by atoms with E-state index in [9.17, 15) is 9.59 Å². The fourth-order valence-electron chi connectivity index (χ4n) is 1.90. The van der Waals surface area contributed by atoms with Gasteiger partial charge in [0.1, 0.15) is 6.04 Å². The van der Waals surface area contributed by atoms with Crippen molar-refractivity contribution in [2.24, 2.45) is 0 Å². The summed E-state index contributed by atoms with van der Waals surface area (Å²) in [5, 5.41) is 17.4. The van der Waals surface area contributed by atoms with Crippen molar-refractivity contribution in [3.63, 3.8) is 0 Å². The second-order valence-electron chi connectivity index (χ2n) is 4.32. The normalized spacial score (nSPS) is 18.4. The summed E-state index contributed by atoms with van der Waals surface area (Å²) in [6.07, 6.45) is 2.96. The van der Waals surface area contributed by atoms with Crippen LogP contribution in [0.4, 0.5) is 4.79 Å². The zero-order chi connectivity index (χ0) is 12.7. The number of carbonyl (C=O) groups is 2. The maximum absolute atomic E-state index is 11.6. The topological polar surface area (TPSA) is 90.5 Å². The summed E-state index contributed by atoms with van der Waals surface area (Å²) in [6.45, 7) is 3.67. The maximum atomic E-state index is 11.6. The van der Waals surface area contributed by atoms with Gasteiger partial charge in [0, 0.05) is 6.04 Å². The highest BCUT2D eigenvalue weighted by Gasteiger charge is 2.21. The van der Waals surface area contributed by atoms with Crippen LogP contribution in [-0.4, -0.2) is 42.3 Å². The van der Waals surface area contributed by atoms with Crippen molar-refractivity contribution in [2.75, 3.05) is 13.1 Å². The highest BCUT2D eigenvalue weighted by atomic mass is 16.4. The van der Waals surface area contributed by atoms with Crippen molar-refractivity contribution >= 4 is 12.0 Å². The molecule has 0 radical (unpaired) electrons. The molecule has 0 saturated carbocycles. The first-order chi connectivity index (χ1) is 8.13. The van der Waals surface area contributed by atoms with Gasteiger partial charge in [-0.3, -0.25) is 0 Å². The van der Waals surface area contributed by atoms with Crippen molar-refractivity contribution < 1.29 is 14.7 Å². The predicted octanol–water partition coefficient (Wildman–Crippen LogP) is 0.291. The largest absolute Gasteiger partial charge is 0.480 e. The standard InChI is InChI=1S/C11H21N3O3/c1-2-3-9(10(15)16)14-11(17)13-8-4-6-12-7-5-8/h8-9,12H,2-7H2,1H3,(H,15,16)(H2,13,14,17)/t9-/m0/s1. The lowest BCUT2D eigenvalue weighted by atomic mass is 10.1. The molecule has 17 heavy (non-hydrogen) atoms. The van der Waals surface area contributed by atoms with Crippen molar-refractivity contribution in [1.82, 2.24) is 16.0 Å². The molecular formula is C11H21N3O3. The van der Waals surface area contributed by atoms with E-state index < -0.39 is 12.0 Å². The Morgan fingerprint density at radius 1 is 1.41 bits per heavy atom. The molecule has 0 aromatic rings. The molecule has 1 atom stereocenters. The van der Waals surface area contributed by atoms with Crippen LogP contribution in [-0.2, 0) is 4.79 Å². The van der Waals surface area contributed by atoms with E-state index in [0.29, 0.717) is 6.42 Å². The van der Waals surface area contributed by atoms with Gasteiger partial charge < -0.3 is 21.1 Å². The molecule has 1 fully saturated rings. The predicted molar refractivity (Wildman–Crippen MR) is 63.9 cm³/mol. The first kappa shape index (κ1) is 13.8. The monoisotopic (exact) mass is 243 g/mol. The lowest BCUT2D eigenvalue weighted by molar-refractivity contribution is -0.139. The number of carboxylic acid groups (broad SMARTS) is 1. The quantitative estimate of drug-likeness (QED) is 0.558. The van der Waals surface area contributed by atoms with Crippen molar-refractivity contribution in [3.05, 3.63) is 0 Å². The number of urea groups is 1. The molecule has 1 rings (SSSR count). The summed E-state index contributed by atoms with van der Waals surface area (Å²) in [5.41, 5.74) is 0. The Balaban J connectivity index is 2.33. The first-order valence-electron chi connectivity index (χ1n) is 6.14. The number of rotatable bonds is 5. The lowest BCUT2D eigenvalue weighted by Crippen LogP contribution is -2.51. The molecule has 1 saturated heterocycles. The van der Waals surface area contributed by atoms with Crippen LogP contribution in [0.25, 0.3) is 0 Å². The molecule has 0 aromatic heterocycles. The number of carbonyl (C=O) groups excluding carboxylic acids is 1. The molecule has 98 valence electrons. The van der Waals surface area contributed by atoms with E-state index in [0.717, 1.165) is 32.4 Å². The van der Waals surface area contributed by atoms with E-state index in [-0.39, 0.29) is 12.1 Å². The van der Waals surface area contributed by atoms with Crippen molar-refractivity contribution in [2.45, 2.75) is 44.7 Å². The highest BCUT2D eigenvalue weighted by Crippen LogP contribution is 2.02. The highest BCUT2D eigenvalue weighted by molar-refractivity contribution is 5.82. The van der Waals surface area contributed by atoms with Crippen LogP contribution >= 0.6 is 0 Å². The zero-order valence-corrected chi connectivity index (χ0v) is 10.2. The Morgan fingerprint density at radius 3 is 2.59 bits per heavy atom. The summed E-state index contributed by atoms with van der Waals surface area (Å²) in [7, 11) is 0. The molecule has 1 aliphatic heterocycles. The number of nitrogens with one attached hydrogen (secondary N) is 3. The number of hydrogen-bond acceptors (Lipinski definition) is 3. The third-order valence-corrected chi connectivity index (χ3v) is 2.86. The van der Waals surface area contributed by atoms with Gasteiger partial charge in [-0.15, -0.1) is 0 Å². The van der Waals surface area contributed by atoms with Gasteiger partial charge in [-0.25, -0.2) is 9.59 Å². The second kappa shape index (κ2) is 7.11. The maximum Gasteiger partial charge on any atom is 0.326 e. The fourth-order valence-corrected chi connectivity index (χ4v) is 1.90. The summed E-state index contributed by atoms with van der Waals surface area (Å²) in [4.78, 5) is 22.5. The number of aliphatic carboxylic acids is 1. The lowest BCUT2D eigenvalue weighted by Gasteiger charge is -2.24. The van der Waals surface area contributed by atoms with Crippen LogP contribution < -0.4 is 16.0 Å². The van der Waals surface area contributed by atoms with E-state index in [1.54, 1.807) is 0 Å². The summed E-state index contributed by atoms with van der Waals surface area (Å²) >= 11 is 0. The summed E-state index contributed by atoms with van der Waals surface area (Å²) in [5.74, 6) is -0.979. The number of piperidine rings is 1. The molecule has 1 aliphatic rings. The van der Waals surface area contributed by atoms with Crippen LogP contribution in [0.5, 0.6) is 0 Å².